The predicted molar refractivity (Wildman–Crippen MR) is 106 cm³/mol. The molecule has 2 N–H and O–H groups in total. The smallest absolute Gasteiger partial charge is 0.191 e. The van der Waals surface area contributed by atoms with Crippen LogP contribution in [-0.4, -0.2) is 46.9 Å². The lowest BCUT2D eigenvalue weighted by atomic mass is 9.95. The first-order valence-corrected chi connectivity index (χ1v) is 10.7. The van der Waals surface area contributed by atoms with E-state index >= 15 is 0 Å². The van der Waals surface area contributed by atoms with Gasteiger partial charge in [0.25, 0.3) is 0 Å². The summed E-state index contributed by atoms with van der Waals surface area (Å²) in [6, 6.07) is 10.1. The topological polar surface area (TPSA) is 62.7 Å². The Morgan fingerprint density at radius 3 is 2.80 bits per heavy atom. The second kappa shape index (κ2) is 11.1. The molecule has 1 fully saturated rings. The average molecular weight is 366 g/mol. The van der Waals surface area contributed by atoms with Crippen molar-refractivity contribution in [3.05, 3.63) is 30.3 Å². The number of nitrogens with zero attached hydrogens (tertiary/aromatic N) is 1. The summed E-state index contributed by atoms with van der Waals surface area (Å²) in [5.41, 5.74) is 0. The van der Waals surface area contributed by atoms with Crippen molar-refractivity contribution in [3.63, 3.8) is 0 Å². The largest absolute Gasteiger partial charge is 0.492 e. The van der Waals surface area contributed by atoms with E-state index < -0.39 is 10.8 Å². The van der Waals surface area contributed by atoms with Crippen molar-refractivity contribution in [3.8, 4) is 5.75 Å². The summed E-state index contributed by atoms with van der Waals surface area (Å²) in [6.07, 6.45) is 4.29. The van der Waals surface area contributed by atoms with E-state index in [0.29, 0.717) is 24.4 Å². The van der Waals surface area contributed by atoms with Crippen LogP contribution in [0.5, 0.6) is 5.75 Å². The standard InChI is InChI=1S/C19H31N3O2S/c1-3-20-19(21-13-14-24-17-10-6-5-7-11-17)22-16-9-8-12-18(15-16)25(23)4-2/h5-7,10-11,16,18H,3-4,8-9,12-15H2,1-2H3,(H2,20,21,22). The molecule has 0 amide bonds. The van der Waals surface area contributed by atoms with Crippen LogP contribution in [-0.2, 0) is 10.8 Å². The van der Waals surface area contributed by atoms with Crippen LogP contribution in [0.4, 0.5) is 0 Å². The Morgan fingerprint density at radius 2 is 2.08 bits per heavy atom. The number of nitrogens with one attached hydrogen (secondary N) is 2. The third kappa shape index (κ3) is 7.06. The minimum absolute atomic E-state index is 0.320. The zero-order valence-corrected chi connectivity index (χ0v) is 16.2. The minimum Gasteiger partial charge on any atom is -0.492 e. The molecule has 0 radical (unpaired) electrons. The van der Waals surface area contributed by atoms with E-state index in [4.69, 9.17) is 4.74 Å². The van der Waals surface area contributed by atoms with Crippen LogP contribution in [0.25, 0.3) is 0 Å². The first kappa shape index (κ1) is 19.8. The second-order valence-corrected chi connectivity index (χ2v) is 8.23. The zero-order chi connectivity index (χ0) is 17.9. The van der Waals surface area contributed by atoms with Gasteiger partial charge in [-0.25, -0.2) is 4.99 Å². The molecule has 1 aromatic carbocycles. The third-order valence-corrected chi connectivity index (χ3v) is 6.08. The van der Waals surface area contributed by atoms with Gasteiger partial charge in [0.1, 0.15) is 12.4 Å². The molecule has 1 saturated carbocycles. The molecule has 1 aliphatic rings. The van der Waals surface area contributed by atoms with Gasteiger partial charge in [0.2, 0.25) is 0 Å². The van der Waals surface area contributed by atoms with E-state index in [-0.39, 0.29) is 0 Å². The molecule has 0 bridgehead atoms. The first-order valence-electron chi connectivity index (χ1n) is 9.32. The normalized spacial score (nSPS) is 22.2. The molecule has 6 heteroatoms. The Bertz CT molecular complexity index is 551. The van der Waals surface area contributed by atoms with E-state index in [2.05, 4.69) is 22.5 Å². The molecule has 140 valence electrons. The van der Waals surface area contributed by atoms with Crippen molar-refractivity contribution < 1.29 is 8.95 Å². The van der Waals surface area contributed by atoms with E-state index in [1.807, 2.05) is 37.3 Å². The summed E-state index contributed by atoms with van der Waals surface area (Å²) in [5.74, 6) is 2.45. The highest BCUT2D eigenvalue weighted by Crippen LogP contribution is 2.22. The van der Waals surface area contributed by atoms with Crippen molar-refractivity contribution in [2.24, 2.45) is 4.99 Å². The van der Waals surface area contributed by atoms with Crippen molar-refractivity contribution in [2.75, 3.05) is 25.4 Å². The van der Waals surface area contributed by atoms with Crippen LogP contribution in [0.1, 0.15) is 39.5 Å². The molecule has 1 aromatic rings. The third-order valence-electron chi connectivity index (χ3n) is 4.34. The Balaban J connectivity index is 1.81. The number of ether oxygens (including phenoxy) is 1. The molecule has 25 heavy (non-hydrogen) atoms. The first-order chi connectivity index (χ1) is 12.2. The maximum atomic E-state index is 12.1. The summed E-state index contributed by atoms with van der Waals surface area (Å²) in [5, 5.41) is 7.13. The number of hydrogen-bond donors (Lipinski definition) is 2. The van der Waals surface area contributed by atoms with E-state index in [0.717, 1.165) is 49.7 Å². The maximum Gasteiger partial charge on any atom is 0.191 e. The lowest BCUT2D eigenvalue weighted by molar-refractivity contribution is 0.328. The van der Waals surface area contributed by atoms with Gasteiger partial charge in [-0.15, -0.1) is 0 Å². The Labute approximate surface area is 154 Å². The summed E-state index contributed by atoms with van der Waals surface area (Å²) in [7, 11) is -0.701. The molecule has 0 heterocycles. The molecule has 0 aromatic heterocycles. The number of benzene rings is 1. The molecule has 0 aliphatic heterocycles. The SMILES string of the molecule is CCNC(=NCCOc1ccccc1)NC1CCCC(S(=O)CC)C1. The van der Waals surface area contributed by atoms with Crippen molar-refractivity contribution in [1.29, 1.82) is 0 Å². The van der Waals surface area contributed by atoms with Gasteiger partial charge >= 0.3 is 0 Å². The fraction of sp³-hybridized carbons (Fsp3) is 0.632. The molecule has 3 unspecified atom stereocenters. The van der Waals surface area contributed by atoms with Gasteiger partial charge in [0.05, 0.1) is 6.54 Å². The summed E-state index contributed by atoms with van der Waals surface area (Å²) >= 11 is 0. The number of hydrogen-bond acceptors (Lipinski definition) is 3. The van der Waals surface area contributed by atoms with Crippen molar-refractivity contribution >= 4 is 16.8 Å². The van der Waals surface area contributed by atoms with Gasteiger partial charge in [-0.3, -0.25) is 4.21 Å². The summed E-state index contributed by atoms with van der Waals surface area (Å²) in [4.78, 5) is 4.61. The molecule has 0 spiro atoms. The maximum absolute atomic E-state index is 12.1. The molecule has 3 atom stereocenters. The molecular formula is C19H31N3O2S. The summed E-state index contributed by atoms with van der Waals surface area (Å²) in [6.45, 7) is 6.04. The number of guanidine groups is 1. The Morgan fingerprint density at radius 1 is 1.28 bits per heavy atom. The number of rotatable bonds is 8. The highest BCUT2D eigenvalue weighted by molar-refractivity contribution is 7.85. The molecule has 0 saturated heterocycles. The molecule has 5 nitrogen and oxygen atoms in total. The predicted octanol–water partition coefficient (Wildman–Crippen LogP) is 2.70. The van der Waals surface area contributed by atoms with Crippen LogP contribution in [0, 0.1) is 0 Å². The zero-order valence-electron chi connectivity index (χ0n) is 15.4. The highest BCUT2D eigenvalue weighted by Gasteiger charge is 2.25. The van der Waals surface area contributed by atoms with Crippen LogP contribution < -0.4 is 15.4 Å². The van der Waals surface area contributed by atoms with Crippen LogP contribution in [0.15, 0.2) is 35.3 Å². The van der Waals surface area contributed by atoms with E-state index in [1.165, 1.54) is 0 Å². The molecule has 1 aliphatic carbocycles. The van der Waals surface area contributed by atoms with Crippen molar-refractivity contribution in [2.45, 2.75) is 50.8 Å². The van der Waals surface area contributed by atoms with Gasteiger partial charge in [-0.1, -0.05) is 31.5 Å². The van der Waals surface area contributed by atoms with Crippen LogP contribution in [0.3, 0.4) is 0 Å². The average Bonchev–Trinajstić information content (AvgIpc) is 2.65. The lowest BCUT2D eigenvalue weighted by Gasteiger charge is -2.30. The Hall–Kier alpha value is -1.56. The fourth-order valence-electron chi connectivity index (χ4n) is 3.10. The van der Waals surface area contributed by atoms with Gasteiger partial charge in [-0.2, -0.15) is 0 Å². The van der Waals surface area contributed by atoms with Crippen molar-refractivity contribution in [1.82, 2.24) is 10.6 Å². The van der Waals surface area contributed by atoms with Gasteiger partial charge < -0.3 is 15.4 Å². The van der Waals surface area contributed by atoms with Crippen LogP contribution >= 0.6 is 0 Å². The van der Waals surface area contributed by atoms with Crippen LogP contribution in [0.2, 0.25) is 0 Å². The van der Waals surface area contributed by atoms with E-state index in [1.54, 1.807) is 0 Å². The number of para-hydroxylation sites is 1. The van der Waals surface area contributed by atoms with Gasteiger partial charge in [0.15, 0.2) is 5.96 Å². The lowest BCUT2D eigenvalue weighted by Crippen LogP contribution is -2.46. The minimum atomic E-state index is -0.701. The number of aliphatic imine (C=N–C) groups is 1. The second-order valence-electron chi connectivity index (χ2n) is 6.22. The fourth-order valence-corrected chi connectivity index (χ4v) is 4.45. The van der Waals surface area contributed by atoms with E-state index in [9.17, 15) is 4.21 Å². The highest BCUT2D eigenvalue weighted by atomic mass is 32.2. The summed E-state index contributed by atoms with van der Waals surface area (Å²) < 4.78 is 17.8. The monoisotopic (exact) mass is 365 g/mol. The molecule has 2 rings (SSSR count). The van der Waals surface area contributed by atoms with Gasteiger partial charge in [-0.05, 0) is 38.3 Å². The molecular weight excluding hydrogens is 334 g/mol. The van der Waals surface area contributed by atoms with Gasteiger partial charge in [0, 0.05) is 34.4 Å². The Kier molecular flexibility index (Phi) is 8.80. The quantitative estimate of drug-likeness (QED) is 0.422.